The fourth-order valence-corrected chi connectivity index (χ4v) is 6.91. The maximum Gasteiger partial charge on any atom is 0.324 e. The molecule has 6 rings (SSSR count). The Labute approximate surface area is 286 Å². The van der Waals surface area contributed by atoms with Crippen molar-refractivity contribution in [2.45, 2.75) is 31.8 Å². The van der Waals surface area contributed by atoms with Gasteiger partial charge in [0, 0.05) is 48.6 Å². The van der Waals surface area contributed by atoms with Gasteiger partial charge < -0.3 is 18.6 Å². The van der Waals surface area contributed by atoms with E-state index >= 15 is 0 Å². The maximum absolute atomic E-state index is 13.8. The fraction of sp³-hybridized carbons (Fsp3) is 0.214. The Morgan fingerprint density at radius 3 is 1.76 bits per heavy atom. The summed E-state index contributed by atoms with van der Waals surface area (Å²) in [5, 5.41) is 0. The van der Waals surface area contributed by atoms with Gasteiger partial charge in [0.05, 0.1) is 14.2 Å². The van der Waals surface area contributed by atoms with E-state index < -0.39 is 23.5 Å². The summed E-state index contributed by atoms with van der Waals surface area (Å²) in [4.78, 5) is 41.1. The predicted molar refractivity (Wildman–Crippen MR) is 187 cm³/mol. The standard InChI is InChI=1S/C42H38O7/c1-46-38(30-20-12-6-13-21-30)37-36-33(32(28-16-8-4-9-17-28)24-25-34(43)29-18-10-5-11-19-29)26-42(40(44)47-2,41(45)48-3)27-35(36)49-39(37)31-22-14-7-15-23-31/h4-23,38H,24-27H2,1-3H3/b33-32+/t38-/m1/s1. The molecule has 49 heavy (non-hydrogen) atoms. The Hall–Kier alpha value is -5.53. The number of ketones is 1. The van der Waals surface area contributed by atoms with Gasteiger partial charge in [0.25, 0.3) is 0 Å². The molecule has 1 aromatic heterocycles. The molecule has 0 N–H and O–H groups in total. The molecule has 0 amide bonds. The van der Waals surface area contributed by atoms with Gasteiger partial charge in [-0.05, 0) is 28.7 Å². The number of furan rings is 1. The Morgan fingerprint density at radius 2 is 1.20 bits per heavy atom. The molecule has 0 bridgehead atoms. The number of carbonyl (C=O) groups excluding carboxylic acids is 3. The van der Waals surface area contributed by atoms with E-state index in [1.807, 2.05) is 109 Å². The molecule has 5 aromatic rings. The minimum absolute atomic E-state index is 0.0192. The highest BCUT2D eigenvalue weighted by Crippen LogP contribution is 2.53. The van der Waals surface area contributed by atoms with Crippen LogP contribution in [0.5, 0.6) is 0 Å². The third kappa shape index (κ3) is 6.50. The summed E-state index contributed by atoms with van der Waals surface area (Å²) < 4.78 is 23.7. The lowest BCUT2D eigenvalue weighted by Crippen LogP contribution is -2.45. The lowest BCUT2D eigenvalue weighted by molar-refractivity contribution is -0.169. The van der Waals surface area contributed by atoms with Crippen LogP contribution >= 0.6 is 0 Å². The van der Waals surface area contributed by atoms with Crippen molar-refractivity contribution in [1.82, 2.24) is 0 Å². The molecule has 0 saturated heterocycles. The number of esters is 2. The lowest BCUT2D eigenvalue weighted by Gasteiger charge is -2.34. The molecule has 0 radical (unpaired) electrons. The molecule has 1 atom stereocenters. The van der Waals surface area contributed by atoms with E-state index in [-0.39, 0.29) is 25.0 Å². The van der Waals surface area contributed by atoms with Crippen LogP contribution in [0.3, 0.4) is 0 Å². The van der Waals surface area contributed by atoms with Gasteiger partial charge in [0.2, 0.25) is 0 Å². The number of ether oxygens (including phenoxy) is 3. The highest BCUT2D eigenvalue weighted by Gasteiger charge is 2.54. The topological polar surface area (TPSA) is 92.0 Å². The molecule has 4 aromatic carbocycles. The minimum Gasteiger partial charge on any atom is -0.468 e. The number of fused-ring (bicyclic) bond motifs is 1. The molecule has 7 heteroatoms. The van der Waals surface area contributed by atoms with Crippen LogP contribution in [0, 0.1) is 5.41 Å². The van der Waals surface area contributed by atoms with Gasteiger partial charge in [-0.3, -0.25) is 14.4 Å². The quantitative estimate of drug-likeness (QED) is 0.0801. The molecular formula is C42H38O7. The average Bonchev–Trinajstić information content (AvgIpc) is 3.54. The molecule has 0 saturated carbocycles. The molecule has 1 heterocycles. The van der Waals surface area contributed by atoms with Gasteiger partial charge in [-0.1, -0.05) is 121 Å². The summed E-state index contributed by atoms with van der Waals surface area (Å²) in [5.74, 6) is -0.459. The Balaban J connectivity index is 1.68. The van der Waals surface area contributed by atoms with Gasteiger partial charge in [-0.15, -0.1) is 0 Å². The van der Waals surface area contributed by atoms with Crippen molar-refractivity contribution in [1.29, 1.82) is 0 Å². The van der Waals surface area contributed by atoms with E-state index in [1.54, 1.807) is 19.2 Å². The summed E-state index contributed by atoms with van der Waals surface area (Å²) in [7, 11) is 4.19. The van der Waals surface area contributed by atoms with E-state index in [0.29, 0.717) is 29.1 Å². The maximum atomic E-state index is 13.8. The Bertz CT molecular complexity index is 1940. The van der Waals surface area contributed by atoms with Crippen molar-refractivity contribution in [3.8, 4) is 11.3 Å². The SMILES string of the molecule is COC(=O)C1(C(=O)OC)C/C(=C(/CCC(=O)c2ccccc2)c2ccccc2)c2c(oc(-c3ccccc3)c2[C@H](OC)c2ccccc2)C1. The van der Waals surface area contributed by atoms with Gasteiger partial charge >= 0.3 is 11.9 Å². The Kier molecular flexibility index (Phi) is 10.0. The monoisotopic (exact) mass is 654 g/mol. The van der Waals surface area contributed by atoms with Crippen LogP contribution in [0.1, 0.15) is 63.7 Å². The number of rotatable bonds is 11. The van der Waals surface area contributed by atoms with E-state index in [2.05, 4.69) is 0 Å². The molecule has 1 aliphatic rings. The van der Waals surface area contributed by atoms with Crippen LogP contribution in [-0.2, 0) is 30.2 Å². The van der Waals surface area contributed by atoms with E-state index in [9.17, 15) is 14.4 Å². The second-order valence-corrected chi connectivity index (χ2v) is 12.1. The van der Waals surface area contributed by atoms with Crippen molar-refractivity contribution in [2.75, 3.05) is 21.3 Å². The second-order valence-electron chi connectivity index (χ2n) is 12.1. The van der Waals surface area contributed by atoms with Gasteiger partial charge in [-0.2, -0.15) is 0 Å². The third-order valence-electron chi connectivity index (χ3n) is 9.23. The first-order valence-electron chi connectivity index (χ1n) is 16.2. The van der Waals surface area contributed by atoms with Crippen molar-refractivity contribution in [3.05, 3.63) is 155 Å². The van der Waals surface area contributed by atoms with Crippen LogP contribution in [0.15, 0.2) is 126 Å². The number of carbonyl (C=O) groups is 3. The average molecular weight is 655 g/mol. The molecule has 1 aliphatic carbocycles. The van der Waals surface area contributed by atoms with Gasteiger partial charge in [-0.25, -0.2) is 0 Å². The summed E-state index contributed by atoms with van der Waals surface area (Å²) in [6.07, 6.45) is -0.150. The molecule has 0 unspecified atom stereocenters. The van der Waals surface area contributed by atoms with Crippen LogP contribution in [-0.4, -0.2) is 39.1 Å². The molecule has 0 fully saturated rings. The summed E-state index contributed by atoms with van der Waals surface area (Å²) in [6.45, 7) is 0. The van der Waals surface area contributed by atoms with Crippen molar-refractivity contribution in [3.63, 3.8) is 0 Å². The van der Waals surface area contributed by atoms with Crippen molar-refractivity contribution in [2.24, 2.45) is 5.41 Å². The van der Waals surface area contributed by atoms with Crippen molar-refractivity contribution >= 4 is 28.9 Å². The number of benzene rings is 4. The normalized spacial score (nSPS) is 15.1. The molecule has 0 aliphatic heterocycles. The number of hydrogen-bond acceptors (Lipinski definition) is 7. The molecule has 7 nitrogen and oxygen atoms in total. The first-order valence-corrected chi connectivity index (χ1v) is 16.2. The van der Waals surface area contributed by atoms with Gasteiger partial charge in [0.15, 0.2) is 11.2 Å². The third-order valence-corrected chi connectivity index (χ3v) is 9.23. The minimum atomic E-state index is -1.73. The zero-order valence-corrected chi connectivity index (χ0v) is 27.8. The smallest absolute Gasteiger partial charge is 0.324 e. The van der Waals surface area contributed by atoms with Crippen molar-refractivity contribution < 1.29 is 33.0 Å². The first-order chi connectivity index (χ1) is 23.9. The van der Waals surface area contributed by atoms with Crippen LogP contribution < -0.4 is 0 Å². The van der Waals surface area contributed by atoms with Crippen LogP contribution in [0.2, 0.25) is 0 Å². The molecule has 248 valence electrons. The van der Waals surface area contributed by atoms with E-state index in [4.69, 9.17) is 18.6 Å². The summed E-state index contributed by atoms with van der Waals surface area (Å²) in [6, 6.07) is 38.5. The van der Waals surface area contributed by atoms with Crippen LogP contribution in [0.4, 0.5) is 0 Å². The zero-order valence-electron chi connectivity index (χ0n) is 27.8. The fourth-order valence-electron chi connectivity index (χ4n) is 6.91. The first kappa shape index (κ1) is 33.4. The van der Waals surface area contributed by atoms with Gasteiger partial charge in [0.1, 0.15) is 17.6 Å². The number of allylic oxidation sites excluding steroid dienone is 2. The van der Waals surface area contributed by atoms with E-state index in [0.717, 1.165) is 33.4 Å². The second kappa shape index (κ2) is 14.7. The summed E-state index contributed by atoms with van der Waals surface area (Å²) in [5.41, 5.74) is 4.50. The van der Waals surface area contributed by atoms with Crippen LogP contribution in [0.25, 0.3) is 22.5 Å². The number of Topliss-reactive ketones (excluding diaryl/α,β-unsaturated/α-hetero) is 1. The zero-order chi connectivity index (χ0) is 34.4. The number of hydrogen-bond donors (Lipinski definition) is 0. The van der Waals surface area contributed by atoms with E-state index in [1.165, 1.54) is 14.2 Å². The highest BCUT2D eigenvalue weighted by molar-refractivity contribution is 6.07. The summed E-state index contributed by atoms with van der Waals surface area (Å²) >= 11 is 0. The Morgan fingerprint density at radius 1 is 0.673 bits per heavy atom. The highest BCUT2D eigenvalue weighted by atomic mass is 16.5. The number of methoxy groups -OCH3 is 3. The molecule has 0 spiro atoms. The predicted octanol–water partition coefficient (Wildman–Crippen LogP) is 8.53. The lowest BCUT2D eigenvalue weighted by atomic mass is 9.68. The molecular weight excluding hydrogens is 616 g/mol. The largest absolute Gasteiger partial charge is 0.468 e.